The number of hydrogen-bond donors (Lipinski definition) is 2. The van der Waals surface area contributed by atoms with Gasteiger partial charge in [0.25, 0.3) is 0 Å². The average Bonchev–Trinajstić information content (AvgIpc) is 2.30. The Morgan fingerprint density at radius 3 is 2.26 bits per heavy atom. The Morgan fingerprint density at radius 1 is 1.11 bits per heavy atom. The Kier molecular flexibility index (Phi) is 4.53. The maximum atomic E-state index is 9.14. The van der Waals surface area contributed by atoms with E-state index in [4.69, 9.17) is 14.8 Å². The van der Waals surface area contributed by atoms with Gasteiger partial charge >= 0.3 is 7.12 Å². The maximum Gasteiger partial charge on any atom is 0.488 e. The monoisotopic (exact) mass is 262 g/mol. The predicted octanol–water partition coefficient (Wildman–Crippen LogP) is 1.88. The third-order valence-electron chi connectivity index (χ3n) is 3.93. The smallest absolute Gasteiger partial charge is 0.488 e. The maximum absolute atomic E-state index is 9.14. The van der Waals surface area contributed by atoms with Gasteiger partial charge in [0.2, 0.25) is 0 Å². The molecule has 4 heteroatoms. The molecule has 2 rings (SSSR count). The van der Waals surface area contributed by atoms with Crippen molar-refractivity contribution in [2.75, 3.05) is 0 Å². The number of aryl methyl sites for hydroxylation is 1. The fourth-order valence-corrected chi connectivity index (χ4v) is 3.11. The van der Waals surface area contributed by atoms with Crippen molar-refractivity contribution >= 4 is 12.6 Å². The van der Waals surface area contributed by atoms with Crippen LogP contribution in [0.4, 0.5) is 0 Å². The molecule has 1 aromatic carbocycles. The third kappa shape index (κ3) is 3.74. The highest BCUT2D eigenvalue weighted by Gasteiger charge is 2.25. The summed E-state index contributed by atoms with van der Waals surface area (Å²) < 4.78 is 6.10. The van der Waals surface area contributed by atoms with Crippen LogP contribution in [-0.2, 0) is 0 Å². The van der Waals surface area contributed by atoms with Gasteiger partial charge in [0.05, 0.1) is 6.10 Å². The summed E-state index contributed by atoms with van der Waals surface area (Å²) in [5, 5.41) is 18.3. The predicted molar refractivity (Wildman–Crippen MR) is 77.6 cm³/mol. The highest BCUT2D eigenvalue weighted by Crippen LogP contribution is 2.31. The summed E-state index contributed by atoms with van der Waals surface area (Å²) in [5.41, 5.74) is 1.46. The molecule has 1 aliphatic rings. The molecule has 1 aromatic rings. The molecule has 1 saturated carbocycles. The topological polar surface area (TPSA) is 49.7 Å². The van der Waals surface area contributed by atoms with Crippen molar-refractivity contribution in [1.29, 1.82) is 0 Å². The highest BCUT2D eigenvalue weighted by molar-refractivity contribution is 6.58. The first-order valence-electron chi connectivity index (χ1n) is 7.09. The standard InChI is InChI=1S/C15H23BO3/c1-10-6-11(2)8-14(7-10)19-15-5-4-13(16(17)18)9-12(15)3/h4-5,9-11,14,17-18H,6-8H2,1-3H3. The largest absolute Gasteiger partial charge is 0.490 e. The van der Waals surface area contributed by atoms with E-state index in [0.29, 0.717) is 17.3 Å². The van der Waals surface area contributed by atoms with Crippen LogP contribution < -0.4 is 10.2 Å². The van der Waals surface area contributed by atoms with Crippen molar-refractivity contribution in [2.24, 2.45) is 11.8 Å². The molecule has 1 aliphatic carbocycles. The second kappa shape index (κ2) is 5.97. The van der Waals surface area contributed by atoms with Crippen molar-refractivity contribution in [3.05, 3.63) is 23.8 Å². The van der Waals surface area contributed by atoms with Gasteiger partial charge in [0.15, 0.2) is 0 Å². The number of ether oxygens (including phenoxy) is 1. The summed E-state index contributed by atoms with van der Waals surface area (Å²) in [5.74, 6) is 2.29. The SMILES string of the molecule is Cc1cc(B(O)O)ccc1OC1CC(C)CC(C)C1. The van der Waals surface area contributed by atoms with Crippen LogP contribution in [-0.4, -0.2) is 23.3 Å². The van der Waals surface area contributed by atoms with E-state index in [0.717, 1.165) is 24.2 Å². The quantitative estimate of drug-likeness (QED) is 0.818. The zero-order valence-corrected chi connectivity index (χ0v) is 12.0. The van der Waals surface area contributed by atoms with E-state index in [1.54, 1.807) is 12.1 Å². The molecule has 1 fully saturated rings. The van der Waals surface area contributed by atoms with Crippen LogP contribution >= 0.6 is 0 Å². The molecule has 0 bridgehead atoms. The Balaban J connectivity index is 2.06. The Labute approximate surface area is 115 Å². The molecule has 2 N–H and O–H groups in total. The number of rotatable bonds is 3. The molecule has 0 aromatic heterocycles. The van der Waals surface area contributed by atoms with Gasteiger partial charge in [-0.05, 0) is 55.1 Å². The fourth-order valence-electron chi connectivity index (χ4n) is 3.11. The first-order valence-corrected chi connectivity index (χ1v) is 7.09. The molecule has 0 spiro atoms. The Bertz CT molecular complexity index is 423. The molecule has 3 nitrogen and oxygen atoms in total. The fraction of sp³-hybridized carbons (Fsp3) is 0.600. The van der Waals surface area contributed by atoms with Gasteiger partial charge in [-0.2, -0.15) is 0 Å². The lowest BCUT2D eigenvalue weighted by molar-refractivity contribution is 0.100. The van der Waals surface area contributed by atoms with Crippen LogP contribution in [0.3, 0.4) is 0 Å². The van der Waals surface area contributed by atoms with Gasteiger partial charge in [-0.3, -0.25) is 0 Å². The van der Waals surface area contributed by atoms with Crippen LogP contribution in [0.2, 0.25) is 0 Å². The summed E-state index contributed by atoms with van der Waals surface area (Å²) in [7, 11) is -1.41. The normalized spacial score (nSPS) is 27.1. The lowest BCUT2D eigenvalue weighted by Gasteiger charge is -2.32. The van der Waals surface area contributed by atoms with E-state index >= 15 is 0 Å². The molecular weight excluding hydrogens is 239 g/mol. The van der Waals surface area contributed by atoms with E-state index in [1.807, 2.05) is 13.0 Å². The number of benzene rings is 1. The van der Waals surface area contributed by atoms with Gasteiger partial charge in [-0.15, -0.1) is 0 Å². The van der Waals surface area contributed by atoms with Gasteiger partial charge in [-0.1, -0.05) is 26.0 Å². The van der Waals surface area contributed by atoms with E-state index in [2.05, 4.69) is 13.8 Å². The molecule has 2 atom stereocenters. The van der Waals surface area contributed by atoms with Crippen LogP contribution in [0.15, 0.2) is 18.2 Å². The molecule has 0 radical (unpaired) electrons. The van der Waals surface area contributed by atoms with E-state index in [-0.39, 0.29) is 6.10 Å². The zero-order valence-electron chi connectivity index (χ0n) is 12.0. The van der Waals surface area contributed by atoms with Crippen LogP contribution in [0.5, 0.6) is 5.75 Å². The summed E-state index contributed by atoms with van der Waals surface area (Å²) in [6, 6.07) is 5.33. The van der Waals surface area contributed by atoms with Crippen molar-refractivity contribution < 1.29 is 14.8 Å². The van der Waals surface area contributed by atoms with Crippen molar-refractivity contribution in [3.63, 3.8) is 0 Å². The highest BCUT2D eigenvalue weighted by atomic mass is 16.5. The van der Waals surface area contributed by atoms with Crippen LogP contribution in [0, 0.1) is 18.8 Å². The molecule has 0 heterocycles. The first kappa shape index (κ1) is 14.4. The second-order valence-electron chi connectivity index (χ2n) is 6.06. The van der Waals surface area contributed by atoms with E-state index < -0.39 is 7.12 Å². The second-order valence-corrected chi connectivity index (χ2v) is 6.06. The molecule has 0 amide bonds. The van der Waals surface area contributed by atoms with E-state index in [9.17, 15) is 0 Å². The van der Waals surface area contributed by atoms with E-state index in [1.165, 1.54) is 6.42 Å². The summed E-state index contributed by atoms with van der Waals surface area (Å²) in [6.45, 7) is 6.51. The minimum Gasteiger partial charge on any atom is -0.490 e. The zero-order chi connectivity index (χ0) is 14.0. The number of hydrogen-bond acceptors (Lipinski definition) is 3. The average molecular weight is 262 g/mol. The molecular formula is C15H23BO3. The molecule has 0 saturated heterocycles. The molecule has 104 valence electrons. The van der Waals surface area contributed by atoms with Crippen LogP contribution in [0.1, 0.15) is 38.7 Å². The lowest BCUT2D eigenvalue weighted by atomic mass is 9.79. The van der Waals surface area contributed by atoms with Crippen molar-refractivity contribution in [1.82, 2.24) is 0 Å². The summed E-state index contributed by atoms with van der Waals surface area (Å²) in [6.07, 6.45) is 3.78. The van der Waals surface area contributed by atoms with Crippen molar-refractivity contribution in [2.45, 2.75) is 46.1 Å². The third-order valence-corrected chi connectivity index (χ3v) is 3.93. The van der Waals surface area contributed by atoms with Crippen molar-refractivity contribution in [3.8, 4) is 5.75 Å². The molecule has 0 aliphatic heterocycles. The molecule has 19 heavy (non-hydrogen) atoms. The van der Waals surface area contributed by atoms with Gasteiger partial charge in [-0.25, -0.2) is 0 Å². The minimum absolute atomic E-state index is 0.280. The summed E-state index contributed by atoms with van der Waals surface area (Å²) >= 11 is 0. The van der Waals surface area contributed by atoms with Gasteiger partial charge in [0.1, 0.15) is 5.75 Å². The first-order chi connectivity index (χ1) is 8.95. The Hall–Kier alpha value is -0.995. The van der Waals surface area contributed by atoms with Gasteiger partial charge in [0, 0.05) is 0 Å². The summed E-state index contributed by atoms with van der Waals surface area (Å²) in [4.78, 5) is 0. The van der Waals surface area contributed by atoms with Gasteiger partial charge < -0.3 is 14.8 Å². The lowest BCUT2D eigenvalue weighted by Crippen LogP contribution is -2.31. The molecule has 2 unspecified atom stereocenters. The Morgan fingerprint density at radius 2 is 1.74 bits per heavy atom. The van der Waals surface area contributed by atoms with Crippen LogP contribution in [0.25, 0.3) is 0 Å². The minimum atomic E-state index is -1.41.